The van der Waals surface area contributed by atoms with E-state index in [9.17, 15) is 9.59 Å². The van der Waals surface area contributed by atoms with E-state index in [1.165, 1.54) is 0 Å². The number of anilines is 1. The van der Waals surface area contributed by atoms with Gasteiger partial charge in [-0.2, -0.15) is 5.90 Å². The lowest BCUT2D eigenvalue weighted by Gasteiger charge is -2.17. The van der Waals surface area contributed by atoms with Crippen LogP contribution in [0.4, 0.5) is 10.5 Å². The van der Waals surface area contributed by atoms with Crippen LogP contribution in [0.25, 0.3) is 5.76 Å². The van der Waals surface area contributed by atoms with Gasteiger partial charge in [0.05, 0.1) is 13.1 Å². The molecule has 1 aromatic rings. The van der Waals surface area contributed by atoms with Gasteiger partial charge in [0.15, 0.2) is 5.76 Å². The molecule has 2 amide bonds. The number of rotatable bonds is 6. The second kappa shape index (κ2) is 7.83. The minimum Gasteiger partial charge on any atom is -0.442 e. The Hall–Kier alpha value is -2.54. The Morgan fingerprint density at radius 2 is 2.18 bits per heavy atom. The van der Waals surface area contributed by atoms with Crippen LogP contribution in [0, 0.1) is 5.92 Å². The van der Waals surface area contributed by atoms with Gasteiger partial charge < -0.3 is 14.9 Å². The second-order valence-corrected chi connectivity index (χ2v) is 7.99. The molecule has 7 nitrogen and oxygen atoms in total. The van der Waals surface area contributed by atoms with E-state index < -0.39 is 0 Å². The molecule has 0 bridgehead atoms. The average molecular weight is 385 g/mol. The van der Waals surface area contributed by atoms with E-state index in [1.54, 1.807) is 4.90 Å². The smallest absolute Gasteiger partial charge is 0.414 e. The van der Waals surface area contributed by atoms with Crippen molar-refractivity contribution in [1.82, 2.24) is 5.32 Å². The van der Waals surface area contributed by atoms with Gasteiger partial charge in [-0.25, -0.2) is 4.79 Å². The van der Waals surface area contributed by atoms with Crippen LogP contribution >= 0.6 is 0 Å². The molecule has 3 N–H and O–H groups in total. The molecular formula is C21H27N3O4. The molecule has 0 spiro atoms. The predicted molar refractivity (Wildman–Crippen MR) is 105 cm³/mol. The normalized spacial score (nSPS) is 21.9. The molecule has 4 rings (SSSR count). The van der Waals surface area contributed by atoms with Gasteiger partial charge in [0, 0.05) is 17.7 Å². The quantitative estimate of drug-likeness (QED) is 0.735. The summed E-state index contributed by atoms with van der Waals surface area (Å²) in [7, 11) is 0. The van der Waals surface area contributed by atoms with Crippen molar-refractivity contribution in [3.8, 4) is 0 Å². The van der Waals surface area contributed by atoms with Gasteiger partial charge in [-0.05, 0) is 74.3 Å². The number of hydrogen-bond acceptors (Lipinski definition) is 5. The third-order valence-corrected chi connectivity index (χ3v) is 5.72. The van der Waals surface area contributed by atoms with E-state index in [4.69, 9.17) is 15.5 Å². The largest absolute Gasteiger partial charge is 0.442 e. The molecular weight excluding hydrogens is 358 g/mol. The van der Waals surface area contributed by atoms with Crippen LogP contribution < -0.4 is 16.1 Å². The van der Waals surface area contributed by atoms with Crippen molar-refractivity contribution in [2.75, 3.05) is 18.0 Å². The molecule has 1 unspecified atom stereocenters. The molecule has 2 aliphatic carbocycles. The number of aryl methyl sites for hydroxylation is 1. The molecule has 1 aliphatic heterocycles. The predicted octanol–water partition coefficient (Wildman–Crippen LogP) is 2.89. The van der Waals surface area contributed by atoms with Crippen LogP contribution in [0.3, 0.4) is 0 Å². The summed E-state index contributed by atoms with van der Waals surface area (Å²) in [6, 6.07) is 5.87. The summed E-state index contributed by atoms with van der Waals surface area (Å²) in [6.07, 6.45) is 4.99. The van der Waals surface area contributed by atoms with Crippen LogP contribution in [-0.4, -0.2) is 31.2 Å². The highest BCUT2D eigenvalue weighted by atomic mass is 16.6. The van der Waals surface area contributed by atoms with Gasteiger partial charge in [0.25, 0.3) is 0 Å². The van der Waals surface area contributed by atoms with Gasteiger partial charge in [-0.1, -0.05) is 0 Å². The number of fused-ring (bicyclic) bond motifs is 1. The van der Waals surface area contributed by atoms with E-state index in [0.29, 0.717) is 25.4 Å². The average Bonchev–Trinajstić information content (AvgIpc) is 3.43. The zero-order chi connectivity index (χ0) is 19.7. The Balaban J connectivity index is 1.43. The second-order valence-electron chi connectivity index (χ2n) is 7.99. The van der Waals surface area contributed by atoms with Gasteiger partial charge in [0.1, 0.15) is 6.10 Å². The number of allylic oxidation sites excluding steroid dienone is 1. The Bertz CT molecular complexity index is 816. The Morgan fingerprint density at radius 1 is 1.36 bits per heavy atom. The van der Waals surface area contributed by atoms with Crippen LogP contribution in [0.2, 0.25) is 0 Å². The number of hydrogen-bond donors (Lipinski definition) is 2. The summed E-state index contributed by atoms with van der Waals surface area (Å²) in [6.45, 7) is 2.81. The molecule has 1 atom stereocenters. The maximum Gasteiger partial charge on any atom is 0.414 e. The Morgan fingerprint density at radius 3 is 2.93 bits per heavy atom. The third-order valence-electron chi connectivity index (χ3n) is 5.72. The van der Waals surface area contributed by atoms with Crippen molar-refractivity contribution in [3.05, 3.63) is 34.9 Å². The summed E-state index contributed by atoms with van der Waals surface area (Å²) in [5.74, 6) is 6.80. The van der Waals surface area contributed by atoms with Gasteiger partial charge >= 0.3 is 6.09 Å². The number of nitrogens with zero attached hydrogens (tertiary/aromatic N) is 1. The number of benzene rings is 1. The van der Waals surface area contributed by atoms with Crippen LogP contribution in [-0.2, 0) is 20.8 Å². The first-order chi connectivity index (χ1) is 13.5. The molecule has 2 fully saturated rings. The lowest BCUT2D eigenvalue weighted by atomic mass is 10.0. The molecule has 1 saturated carbocycles. The molecule has 7 heteroatoms. The molecule has 1 saturated heterocycles. The van der Waals surface area contributed by atoms with Gasteiger partial charge in [0.2, 0.25) is 5.91 Å². The fraction of sp³-hybridized carbons (Fsp3) is 0.524. The maximum atomic E-state index is 12.4. The molecule has 1 aromatic carbocycles. The number of amides is 2. The number of cyclic esters (lactones) is 1. The zero-order valence-corrected chi connectivity index (χ0v) is 16.2. The monoisotopic (exact) mass is 385 g/mol. The van der Waals surface area contributed by atoms with Crippen LogP contribution in [0.5, 0.6) is 0 Å². The van der Waals surface area contributed by atoms with Crippen molar-refractivity contribution >= 4 is 23.4 Å². The molecule has 1 heterocycles. The fourth-order valence-electron chi connectivity index (χ4n) is 3.95. The SMILES string of the molecule is CC1=C(ON)c2ccc(N3CC(CNC(=O)CC4CC4)OC3=O)cc2CCC1. The zero-order valence-electron chi connectivity index (χ0n) is 16.2. The van der Waals surface area contributed by atoms with Crippen LogP contribution in [0.15, 0.2) is 23.8 Å². The number of carbonyl (C=O) groups excluding carboxylic acids is 2. The van der Waals surface area contributed by atoms with Crippen molar-refractivity contribution in [1.29, 1.82) is 0 Å². The first-order valence-electron chi connectivity index (χ1n) is 9.99. The Labute approximate surface area is 164 Å². The van der Waals surface area contributed by atoms with Gasteiger partial charge in [-0.15, -0.1) is 0 Å². The summed E-state index contributed by atoms with van der Waals surface area (Å²) >= 11 is 0. The minimum absolute atomic E-state index is 0.0403. The lowest BCUT2D eigenvalue weighted by molar-refractivity contribution is -0.121. The molecule has 150 valence electrons. The summed E-state index contributed by atoms with van der Waals surface area (Å²) in [4.78, 5) is 31.0. The summed E-state index contributed by atoms with van der Waals surface area (Å²) in [5.41, 5.74) is 4.03. The number of carbonyl (C=O) groups is 2. The van der Waals surface area contributed by atoms with Crippen molar-refractivity contribution < 1.29 is 19.2 Å². The minimum atomic E-state index is -0.378. The standard InChI is InChI=1S/C21H27N3O4/c1-13-3-2-4-15-10-16(7-8-18(15)20(13)28-22)24-12-17(27-21(24)26)11-23-19(25)9-14-5-6-14/h7-8,10,14,17H,2-6,9,11-12,22H2,1H3,(H,23,25). The topological polar surface area (TPSA) is 93.9 Å². The van der Waals surface area contributed by atoms with E-state index in [1.807, 2.05) is 25.1 Å². The summed E-state index contributed by atoms with van der Waals surface area (Å²) < 4.78 is 5.45. The first-order valence-corrected chi connectivity index (χ1v) is 9.99. The first kappa shape index (κ1) is 18.8. The number of ether oxygens (including phenoxy) is 1. The van der Waals surface area contributed by atoms with Gasteiger partial charge in [-0.3, -0.25) is 9.69 Å². The highest BCUT2D eigenvalue weighted by molar-refractivity contribution is 5.90. The Kier molecular flexibility index (Phi) is 5.26. The number of nitrogens with one attached hydrogen (secondary N) is 1. The van der Waals surface area contributed by atoms with Crippen molar-refractivity contribution in [3.63, 3.8) is 0 Å². The fourth-order valence-corrected chi connectivity index (χ4v) is 3.95. The van der Waals surface area contributed by atoms with E-state index >= 15 is 0 Å². The lowest BCUT2D eigenvalue weighted by Crippen LogP contribution is -2.34. The van der Waals surface area contributed by atoms with E-state index in [2.05, 4.69) is 5.32 Å². The summed E-state index contributed by atoms with van der Waals surface area (Å²) in [5, 5.41) is 2.89. The van der Waals surface area contributed by atoms with Crippen molar-refractivity contribution in [2.45, 2.75) is 51.6 Å². The van der Waals surface area contributed by atoms with Crippen LogP contribution in [0.1, 0.15) is 50.2 Å². The molecule has 3 aliphatic rings. The van der Waals surface area contributed by atoms with E-state index in [0.717, 1.165) is 60.3 Å². The van der Waals surface area contributed by atoms with Crippen molar-refractivity contribution in [2.24, 2.45) is 11.8 Å². The highest BCUT2D eigenvalue weighted by Crippen LogP contribution is 2.34. The third kappa shape index (κ3) is 3.99. The maximum absolute atomic E-state index is 12.4. The molecule has 0 radical (unpaired) electrons. The molecule has 0 aromatic heterocycles. The van der Waals surface area contributed by atoms with E-state index in [-0.39, 0.29) is 18.1 Å². The molecule has 28 heavy (non-hydrogen) atoms. The highest BCUT2D eigenvalue weighted by Gasteiger charge is 2.33. The number of nitrogens with two attached hydrogens (primary N) is 1.